The molecule has 1 aromatic rings. The highest BCUT2D eigenvalue weighted by atomic mass is 79.9. The monoisotopic (exact) mass is 370 g/mol. The second-order valence-corrected chi connectivity index (χ2v) is 7.41. The number of rotatable bonds is 4. The van der Waals surface area contributed by atoms with Crippen LogP contribution in [0, 0.1) is 5.92 Å². The predicted molar refractivity (Wildman–Crippen MR) is 88.8 cm³/mol. The second-order valence-electron chi connectivity index (χ2n) is 6.06. The smallest absolute Gasteiger partial charge is 0.254 e. The molecule has 1 aliphatic carbocycles. The van der Waals surface area contributed by atoms with Gasteiger partial charge in [0.15, 0.2) is 0 Å². The molecule has 21 heavy (non-hydrogen) atoms. The summed E-state index contributed by atoms with van der Waals surface area (Å²) < 4.78 is 0.855. The van der Waals surface area contributed by atoms with E-state index in [1.807, 2.05) is 12.1 Å². The van der Waals surface area contributed by atoms with Crippen LogP contribution in [0.25, 0.3) is 0 Å². The van der Waals surface area contributed by atoms with Crippen LogP contribution in [-0.2, 0) is 0 Å². The minimum Gasteiger partial charge on any atom is -0.335 e. The van der Waals surface area contributed by atoms with Crippen LogP contribution in [0.1, 0.15) is 36.0 Å². The first-order valence-electron chi connectivity index (χ1n) is 7.61. The number of hydrogen-bond acceptors (Lipinski definition) is 2. The lowest BCUT2D eigenvalue weighted by Crippen LogP contribution is -2.42. The molecule has 0 bridgehead atoms. The van der Waals surface area contributed by atoms with Crippen LogP contribution >= 0.6 is 27.5 Å². The summed E-state index contributed by atoms with van der Waals surface area (Å²) in [5.41, 5.74) is 0.685. The van der Waals surface area contributed by atoms with Gasteiger partial charge in [-0.15, -0.1) is 0 Å². The van der Waals surface area contributed by atoms with Crippen LogP contribution in [0.3, 0.4) is 0 Å². The molecule has 1 saturated carbocycles. The highest BCUT2D eigenvalue weighted by Crippen LogP contribution is 2.31. The maximum Gasteiger partial charge on any atom is 0.254 e. The molecule has 1 aliphatic heterocycles. The highest BCUT2D eigenvalue weighted by Gasteiger charge is 2.34. The minimum absolute atomic E-state index is 0.117. The number of benzene rings is 1. The van der Waals surface area contributed by atoms with Crippen LogP contribution in [0.4, 0.5) is 0 Å². The van der Waals surface area contributed by atoms with E-state index in [9.17, 15) is 4.79 Å². The van der Waals surface area contributed by atoms with Crippen molar-refractivity contribution in [1.29, 1.82) is 0 Å². The molecule has 3 rings (SSSR count). The van der Waals surface area contributed by atoms with Crippen LogP contribution in [0.15, 0.2) is 22.7 Å². The third-order valence-electron chi connectivity index (χ3n) is 4.21. The van der Waals surface area contributed by atoms with Crippen molar-refractivity contribution in [1.82, 2.24) is 10.2 Å². The Morgan fingerprint density at radius 1 is 1.33 bits per heavy atom. The summed E-state index contributed by atoms with van der Waals surface area (Å²) in [6.07, 6.45) is 4.68. The van der Waals surface area contributed by atoms with E-state index in [1.54, 1.807) is 6.07 Å². The van der Waals surface area contributed by atoms with E-state index in [2.05, 4.69) is 26.1 Å². The van der Waals surface area contributed by atoms with Gasteiger partial charge in [-0.2, -0.15) is 0 Å². The van der Waals surface area contributed by atoms with Crippen molar-refractivity contribution in [2.45, 2.75) is 31.7 Å². The maximum absolute atomic E-state index is 12.8. The number of piperidine rings is 1. The van der Waals surface area contributed by atoms with E-state index in [0.717, 1.165) is 36.9 Å². The Morgan fingerprint density at radius 2 is 2.14 bits per heavy atom. The Morgan fingerprint density at radius 3 is 2.76 bits per heavy atom. The van der Waals surface area contributed by atoms with Gasteiger partial charge in [0.2, 0.25) is 0 Å². The molecular formula is C16H20BrClN2O. The van der Waals surface area contributed by atoms with Crippen molar-refractivity contribution in [3.8, 4) is 0 Å². The van der Waals surface area contributed by atoms with Gasteiger partial charge in [0.25, 0.3) is 5.91 Å². The molecule has 0 radical (unpaired) electrons. The van der Waals surface area contributed by atoms with Crippen LogP contribution in [0.2, 0.25) is 5.02 Å². The zero-order valence-electron chi connectivity index (χ0n) is 11.9. The quantitative estimate of drug-likeness (QED) is 0.875. The van der Waals surface area contributed by atoms with E-state index in [-0.39, 0.29) is 5.91 Å². The normalized spacial score (nSPS) is 22.1. The molecule has 1 aromatic carbocycles. The van der Waals surface area contributed by atoms with Gasteiger partial charge in [0.1, 0.15) is 0 Å². The van der Waals surface area contributed by atoms with Gasteiger partial charge < -0.3 is 10.2 Å². The lowest BCUT2D eigenvalue weighted by Gasteiger charge is -2.30. The van der Waals surface area contributed by atoms with Crippen molar-refractivity contribution in [3.63, 3.8) is 0 Å². The van der Waals surface area contributed by atoms with Crippen LogP contribution in [0.5, 0.6) is 0 Å². The van der Waals surface area contributed by atoms with E-state index >= 15 is 0 Å². The molecular weight excluding hydrogens is 352 g/mol. The van der Waals surface area contributed by atoms with E-state index in [1.165, 1.54) is 12.8 Å². The summed E-state index contributed by atoms with van der Waals surface area (Å²) in [5, 5.41) is 4.03. The minimum atomic E-state index is 0.117. The molecule has 1 N–H and O–H groups in total. The molecule has 114 valence electrons. The number of carbonyl (C=O) groups excluding carboxylic acids is 1. The fourth-order valence-electron chi connectivity index (χ4n) is 2.99. The average Bonchev–Trinajstić information content (AvgIpc) is 3.29. The van der Waals surface area contributed by atoms with E-state index in [4.69, 9.17) is 11.6 Å². The summed E-state index contributed by atoms with van der Waals surface area (Å²) in [6.45, 7) is 2.99. The van der Waals surface area contributed by atoms with E-state index < -0.39 is 0 Å². The van der Waals surface area contributed by atoms with Crippen molar-refractivity contribution in [2.24, 2.45) is 5.92 Å². The largest absolute Gasteiger partial charge is 0.335 e. The molecule has 3 nitrogen and oxygen atoms in total. The highest BCUT2D eigenvalue weighted by molar-refractivity contribution is 9.10. The first-order valence-corrected chi connectivity index (χ1v) is 8.78. The third kappa shape index (κ3) is 3.99. The molecule has 0 aromatic heterocycles. The van der Waals surface area contributed by atoms with Crippen LogP contribution in [-0.4, -0.2) is 36.5 Å². The van der Waals surface area contributed by atoms with Gasteiger partial charge >= 0.3 is 0 Å². The standard InChI is InChI=1S/C16H20BrClN2O/c17-13-6-12(7-14(18)8-13)16(21)20(15-3-4-15)10-11-2-1-5-19-9-11/h6-8,11,15,19H,1-5,9-10H2. The molecule has 1 saturated heterocycles. The zero-order valence-corrected chi connectivity index (χ0v) is 14.3. The number of amides is 1. The first kappa shape index (κ1) is 15.3. The van der Waals surface area contributed by atoms with Crippen molar-refractivity contribution < 1.29 is 4.79 Å². The van der Waals surface area contributed by atoms with Gasteiger partial charge in [-0.05, 0) is 62.9 Å². The molecule has 1 heterocycles. The Kier molecular flexibility index (Phi) is 4.87. The Labute approximate surface area is 139 Å². The average molecular weight is 372 g/mol. The molecule has 1 atom stereocenters. The SMILES string of the molecule is O=C(c1cc(Cl)cc(Br)c1)N(CC1CCCNC1)C1CC1. The number of carbonyl (C=O) groups is 1. The maximum atomic E-state index is 12.8. The van der Waals surface area contributed by atoms with Gasteiger partial charge in [-0.1, -0.05) is 27.5 Å². The summed E-state index contributed by atoms with van der Waals surface area (Å²) in [7, 11) is 0. The molecule has 1 amide bonds. The number of halogens is 2. The van der Waals surface area contributed by atoms with Gasteiger partial charge in [-0.3, -0.25) is 4.79 Å². The lowest BCUT2D eigenvalue weighted by atomic mass is 9.98. The second kappa shape index (κ2) is 6.67. The molecule has 2 fully saturated rings. The third-order valence-corrected chi connectivity index (χ3v) is 4.89. The van der Waals surface area contributed by atoms with Gasteiger partial charge in [0, 0.05) is 27.6 Å². The summed E-state index contributed by atoms with van der Waals surface area (Å²) in [4.78, 5) is 14.9. The van der Waals surface area contributed by atoms with Crippen molar-refractivity contribution in [3.05, 3.63) is 33.3 Å². The Hall–Kier alpha value is -0.580. The fourth-order valence-corrected chi connectivity index (χ4v) is 3.85. The topological polar surface area (TPSA) is 32.3 Å². The predicted octanol–water partition coefficient (Wildman–Crippen LogP) is 3.71. The number of hydrogen-bond donors (Lipinski definition) is 1. The molecule has 1 unspecified atom stereocenters. The van der Waals surface area contributed by atoms with Crippen LogP contribution < -0.4 is 5.32 Å². The van der Waals surface area contributed by atoms with Gasteiger partial charge in [0.05, 0.1) is 0 Å². The molecule has 2 aliphatic rings. The zero-order chi connectivity index (χ0) is 14.8. The first-order chi connectivity index (χ1) is 10.1. The Balaban J connectivity index is 1.74. The van der Waals surface area contributed by atoms with E-state index in [0.29, 0.717) is 22.5 Å². The number of nitrogens with one attached hydrogen (secondary N) is 1. The summed E-state index contributed by atoms with van der Waals surface area (Å²) >= 11 is 9.49. The number of nitrogens with zero attached hydrogens (tertiary/aromatic N) is 1. The summed E-state index contributed by atoms with van der Waals surface area (Å²) in [6, 6.07) is 5.87. The summed E-state index contributed by atoms with van der Waals surface area (Å²) in [5.74, 6) is 0.692. The van der Waals surface area contributed by atoms with Gasteiger partial charge in [-0.25, -0.2) is 0 Å². The molecule has 5 heteroatoms. The molecule has 0 spiro atoms. The van der Waals surface area contributed by atoms with Crippen molar-refractivity contribution in [2.75, 3.05) is 19.6 Å². The fraction of sp³-hybridized carbons (Fsp3) is 0.562. The van der Waals surface area contributed by atoms with Crippen molar-refractivity contribution >= 4 is 33.4 Å². The Bertz CT molecular complexity index is 507. The lowest BCUT2D eigenvalue weighted by molar-refractivity contribution is 0.0704.